The van der Waals surface area contributed by atoms with Gasteiger partial charge in [0.15, 0.2) is 5.78 Å². The van der Waals surface area contributed by atoms with Gasteiger partial charge < -0.3 is 10.6 Å². The molecular formula is C28H31ClN4O. The Balaban J connectivity index is 1.90. The molecule has 1 aliphatic heterocycles. The van der Waals surface area contributed by atoms with E-state index in [-0.39, 0.29) is 11.2 Å². The summed E-state index contributed by atoms with van der Waals surface area (Å²) in [4.78, 5) is 17.8. The van der Waals surface area contributed by atoms with Crippen molar-refractivity contribution in [2.45, 2.75) is 46.5 Å². The van der Waals surface area contributed by atoms with Crippen molar-refractivity contribution in [1.82, 2.24) is 0 Å². The number of nitrogens with two attached hydrogens (primary N) is 1. The number of hydrogen-bond acceptors (Lipinski definition) is 5. The number of carbonyl (C=O) groups excluding carboxylic acids is 1. The predicted molar refractivity (Wildman–Crippen MR) is 139 cm³/mol. The molecule has 0 spiro atoms. The number of ketones is 1. The van der Waals surface area contributed by atoms with Crippen molar-refractivity contribution in [3.8, 4) is 6.07 Å². The zero-order valence-electron chi connectivity index (χ0n) is 20.2. The number of carbonyl (C=O) groups is 1. The van der Waals surface area contributed by atoms with Gasteiger partial charge in [0.1, 0.15) is 5.82 Å². The molecule has 4 rings (SSSR count). The molecule has 2 aromatic rings. The molecule has 0 fully saturated rings. The van der Waals surface area contributed by atoms with E-state index in [1.807, 2.05) is 29.2 Å². The minimum absolute atomic E-state index is 0.0725. The molecule has 0 saturated heterocycles. The predicted octanol–water partition coefficient (Wildman–Crippen LogP) is 6.13. The van der Waals surface area contributed by atoms with Crippen LogP contribution < -0.4 is 15.5 Å². The molecule has 0 amide bonds. The smallest absolute Gasteiger partial charge is 0.162 e. The molecule has 34 heavy (non-hydrogen) atoms. The number of rotatable bonds is 5. The van der Waals surface area contributed by atoms with Crippen LogP contribution in [-0.2, 0) is 4.79 Å². The van der Waals surface area contributed by atoms with Gasteiger partial charge in [-0.05, 0) is 67.6 Å². The normalized spacial score (nSPS) is 19.7. The summed E-state index contributed by atoms with van der Waals surface area (Å²) in [7, 11) is 0. The number of allylic oxidation sites excluding steroid dienone is 3. The summed E-state index contributed by atoms with van der Waals surface area (Å²) in [5, 5.41) is 10.8. The fourth-order valence-electron chi connectivity index (χ4n) is 5.19. The summed E-state index contributed by atoms with van der Waals surface area (Å²) in [5.74, 6) is -0.0342. The number of nitrogens with zero attached hydrogens (tertiary/aromatic N) is 3. The SMILES string of the molecule is CCN(CC)c1ccc([C@@H]2C(C#N)=C(N)N(c3ccc(Cl)cc3)C3=C2C(=O)CC(C)(C)C3)cc1. The highest BCUT2D eigenvalue weighted by Crippen LogP contribution is 2.50. The highest BCUT2D eigenvalue weighted by atomic mass is 35.5. The molecule has 2 aliphatic rings. The summed E-state index contributed by atoms with van der Waals surface area (Å²) in [6, 6.07) is 17.9. The maximum Gasteiger partial charge on any atom is 0.162 e. The van der Waals surface area contributed by atoms with Gasteiger partial charge in [-0.25, -0.2) is 0 Å². The van der Waals surface area contributed by atoms with Gasteiger partial charge in [-0.15, -0.1) is 0 Å². The van der Waals surface area contributed by atoms with Crippen molar-refractivity contribution < 1.29 is 4.79 Å². The maximum atomic E-state index is 13.6. The van der Waals surface area contributed by atoms with Crippen LogP contribution >= 0.6 is 11.6 Å². The van der Waals surface area contributed by atoms with Crippen LogP contribution in [0, 0.1) is 16.7 Å². The van der Waals surface area contributed by atoms with Crippen molar-refractivity contribution in [3.05, 3.63) is 81.8 Å². The number of Topliss-reactive ketones (excluding diaryl/α,β-unsaturated/α-hetero) is 1. The summed E-state index contributed by atoms with van der Waals surface area (Å²) in [6.45, 7) is 10.3. The summed E-state index contributed by atoms with van der Waals surface area (Å²) >= 11 is 6.12. The average Bonchev–Trinajstić information content (AvgIpc) is 2.80. The Morgan fingerprint density at radius 1 is 1.09 bits per heavy atom. The number of nitriles is 1. The first-order chi connectivity index (χ1) is 16.2. The van der Waals surface area contributed by atoms with E-state index in [1.165, 1.54) is 0 Å². The topological polar surface area (TPSA) is 73.4 Å². The number of benzene rings is 2. The number of halogens is 1. The Hall–Kier alpha value is -3.23. The molecule has 5 nitrogen and oxygen atoms in total. The quantitative estimate of drug-likeness (QED) is 0.564. The van der Waals surface area contributed by atoms with Crippen LogP contribution in [0.4, 0.5) is 11.4 Å². The van der Waals surface area contributed by atoms with E-state index in [0.29, 0.717) is 34.8 Å². The second-order valence-corrected chi connectivity index (χ2v) is 10.2. The van der Waals surface area contributed by atoms with Gasteiger partial charge in [0.2, 0.25) is 0 Å². The molecule has 0 radical (unpaired) electrons. The molecule has 1 aliphatic carbocycles. The standard InChI is InChI=1S/C28H31ClN4O/c1-5-32(6-2)20-11-7-18(8-12-20)25-22(17-30)27(31)33(21-13-9-19(29)10-14-21)23-15-28(3,4)16-24(34)26(23)25/h7-14,25H,5-6,15-16,31H2,1-4H3/t25-/m1/s1. The van der Waals surface area contributed by atoms with Crippen molar-refractivity contribution in [2.24, 2.45) is 11.1 Å². The Bertz CT molecular complexity index is 1200. The number of anilines is 2. The van der Waals surface area contributed by atoms with Gasteiger partial charge in [-0.1, -0.05) is 37.6 Å². The lowest BCUT2D eigenvalue weighted by Crippen LogP contribution is -2.42. The molecule has 0 saturated carbocycles. The lowest BCUT2D eigenvalue weighted by atomic mass is 9.68. The lowest BCUT2D eigenvalue weighted by Gasteiger charge is -2.43. The first-order valence-electron chi connectivity index (χ1n) is 11.8. The Labute approximate surface area is 207 Å². The molecule has 176 valence electrons. The van der Waals surface area contributed by atoms with Crippen molar-refractivity contribution in [2.75, 3.05) is 22.9 Å². The zero-order valence-corrected chi connectivity index (χ0v) is 21.0. The van der Waals surface area contributed by atoms with Gasteiger partial charge in [0.25, 0.3) is 0 Å². The van der Waals surface area contributed by atoms with Crippen molar-refractivity contribution in [1.29, 1.82) is 5.26 Å². The van der Waals surface area contributed by atoms with Crippen LogP contribution in [0.15, 0.2) is 71.2 Å². The second kappa shape index (κ2) is 9.19. The summed E-state index contributed by atoms with van der Waals surface area (Å²) < 4.78 is 0. The van der Waals surface area contributed by atoms with Crippen LogP contribution in [0.5, 0.6) is 0 Å². The molecule has 1 heterocycles. The number of hydrogen-bond donors (Lipinski definition) is 1. The Morgan fingerprint density at radius 3 is 2.26 bits per heavy atom. The molecule has 1 atom stereocenters. The Kier molecular flexibility index (Phi) is 6.47. The van der Waals surface area contributed by atoms with Crippen LogP contribution in [0.1, 0.15) is 52.0 Å². The van der Waals surface area contributed by atoms with E-state index in [1.54, 1.807) is 12.1 Å². The van der Waals surface area contributed by atoms with Crippen molar-refractivity contribution in [3.63, 3.8) is 0 Å². The first-order valence-corrected chi connectivity index (χ1v) is 12.1. The molecule has 2 aromatic carbocycles. The fraction of sp³-hybridized carbons (Fsp3) is 0.357. The highest BCUT2D eigenvalue weighted by molar-refractivity contribution is 6.30. The minimum atomic E-state index is -0.474. The van der Waals surface area contributed by atoms with Gasteiger partial charge >= 0.3 is 0 Å². The van der Waals surface area contributed by atoms with Crippen molar-refractivity contribution >= 4 is 28.8 Å². The Morgan fingerprint density at radius 2 is 1.71 bits per heavy atom. The van der Waals surface area contributed by atoms with E-state index >= 15 is 0 Å². The van der Waals surface area contributed by atoms with Gasteiger partial charge in [-0.3, -0.25) is 9.69 Å². The molecule has 0 unspecified atom stereocenters. The highest BCUT2D eigenvalue weighted by Gasteiger charge is 2.44. The monoisotopic (exact) mass is 474 g/mol. The third-order valence-electron chi connectivity index (χ3n) is 6.82. The molecule has 0 bridgehead atoms. The van der Waals surface area contributed by atoms with E-state index in [9.17, 15) is 10.1 Å². The lowest BCUT2D eigenvalue weighted by molar-refractivity contribution is -0.118. The first kappa shape index (κ1) is 23.9. The van der Waals surface area contributed by atoms with E-state index in [2.05, 4.69) is 50.8 Å². The van der Waals surface area contributed by atoms with E-state index in [0.717, 1.165) is 35.7 Å². The van der Waals surface area contributed by atoms with Gasteiger partial charge in [-0.2, -0.15) is 5.26 Å². The maximum absolute atomic E-state index is 13.6. The molecule has 2 N–H and O–H groups in total. The van der Waals surface area contributed by atoms with E-state index in [4.69, 9.17) is 17.3 Å². The third kappa shape index (κ3) is 4.19. The minimum Gasteiger partial charge on any atom is -0.384 e. The second-order valence-electron chi connectivity index (χ2n) is 9.72. The van der Waals surface area contributed by atoms with Crippen LogP contribution in [-0.4, -0.2) is 18.9 Å². The fourth-order valence-corrected chi connectivity index (χ4v) is 5.32. The molecular weight excluding hydrogens is 444 g/mol. The average molecular weight is 475 g/mol. The molecule has 6 heteroatoms. The molecule has 0 aromatic heterocycles. The van der Waals surface area contributed by atoms with Crippen LogP contribution in [0.2, 0.25) is 5.02 Å². The summed E-state index contributed by atoms with van der Waals surface area (Å²) in [6.07, 6.45) is 1.12. The van der Waals surface area contributed by atoms with Crippen LogP contribution in [0.25, 0.3) is 0 Å². The third-order valence-corrected chi connectivity index (χ3v) is 7.07. The van der Waals surface area contributed by atoms with Crippen LogP contribution in [0.3, 0.4) is 0 Å². The van der Waals surface area contributed by atoms with Gasteiger partial charge in [0, 0.05) is 47.2 Å². The summed E-state index contributed by atoms with van der Waals surface area (Å²) in [5.41, 5.74) is 11.3. The van der Waals surface area contributed by atoms with E-state index < -0.39 is 5.92 Å². The van der Waals surface area contributed by atoms with Gasteiger partial charge in [0.05, 0.1) is 17.6 Å². The largest absolute Gasteiger partial charge is 0.384 e. The zero-order chi connectivity index (χ0) is 24.6.